The highest BCUT2D eigenvalue weighted by atomic mass is 16.3. The van der Waals surface area contributed by atoms with Gasteiger partial charge in [0, 0.05) is 32.8 Å². The number of para-hydroxylation sites is 1. The molecule has 5 nitrogen and oxygen atoms in total. The Morgan fingerprint density at radius 3 is 1.64 bits per heavy atom. The topological polar surface area (TPSA) is 56.7 Å². The van der Waals surface area contributed by atoms with Crippen molar-refractivity contribution >= 4 is 43.7 Å². The van der Waals surface area contributed by atoms with Crippen LogP contribution in [0.1, 0.15) is 0 Å². The Bertz CT molecular complexity index is 2800. The number of furan rings is 1. The summed E-state index contributed by atoms with van der Waals surface area (Å²) < 4.78 is 8.97. The number of hydrogen-bond acceptors (Lipinski definition) is 4. The van der Waals surface area contributed by atoms with Crippen molar-refractivity contribution in [2.24, 2.45) is 0 Å². The Morgan fingerprint density at radius 2 is 0.940 bits per heavy atom. The largest absolute Gasteiger partial charge is 0.456 e. The monoisotopic (exact) mass is 640 g/mol. The van der Waals surface area contributed by atoms with Gasteiger partial charge in [-0.05, 0) is 47.5 Å². The molecule has 0 atom stereocenters. The maximum Gasteiger partial charge on any atom is 0.164 e. The quantitative estimate of drug-likeness (QED) is 0.188. The molecule has 0 bridgehead atoms. The predicted molar refractivity (Wildman–Crippen MR) is 203 cm³/mol. The molecule has 5 heteroatoms. The van der Waals surface area contributed by atoms with Gasteiger partial charge in [-0.2, -0.15) is 0 Å². The van der Waals surface area contributed by atoms with Gasteiger partial charge >= 0.3 is 0 Å². The summed E-state index contributed by atoms with van der Waals surface area (Å²) in [5, 5.41) is 4.37. The minimum atomic E-state index is 0.593. The highest BCUT2D eigenvalue weighted by Gasteiger charge is 2.22. The SMILES string of the molecule is c1ccc(-c2ccc3c(c2)c2ccccc2n3-c2cccc3oc4cccc(-c5nc(-c6ccccc6)nc(-c6ccccc6)n5)c4c23)cc1. The molecule has 7 aromatic carbocycles. The van der Waals surface area contributed by atoms with Crippen molar-refractivity contribution in [1.29, 1.82) is 0 Å². The van der Waals surface area contributed by atoms with Gasteiger partial charge in [0.2, 0.25) is 0 Å². The van der Waals surface area contributed by atoms with Gasteiger partial charge in [0.1, 0.15) is 11.2 Å². The van der Waals surface area contributed by atoms with E-state index in [9.17, 15) is 0 Å². The lowest BCUT2D eigenvalue weighted by Crippen LogP contribution is -2.00. The summed E-state index contributed by atoms with van der Waals surface area (Å²) >= 11 is 0. The fraction of sp³-hybridized carbons (Fsp3) is 0. The van der Waals surface area contributed by atoms with Crippen LogP contribution in [0.3, 0.4) is 0 Å². The minimum Gasteiger partial charge on any atom is -0.456 e. The van der Waals surface area contributed by atoms with Crippen molar-refractivity contribution in [3.8, 4) is 51.0 Å². The Kier molecular flexibility index (Phi) is 6.42. The maximum absolute atomic E-state index is 6.60. The Labute approximate surface area is 287 Å². The normalized spacial score (nSPS) is 11.6. The number of nitrogens with zero attached hydrogens (tertiary/aromatic N) is 4. The van der Waals surface area contributed by atoms with Crippen LogP contribution in [0.15, 0.2) is 174 Å². The van der Waals surface area contributed by atoms with E-state index in [0.29, 0.717) is 17.5 Å². The summed E-state index contributed by atoms with van der Waals surface area (Å²) in [6.07, 6.45) is 0. The summed E-state index contributed by atoms with van der Waals surface area (Å²) in [6, 6.07) is 58.5. The molecule has 0 N–H and O–H groups in total. The highest BCUT2D eigenvalue weighted by Crippen LogP contribution is 2.42. The minimum absolute atomic E-state index is 0.593. The van der Waals surface area contributed by atoms with E-state index < -0.39 is 0 Å². The van der Waals surface area contributed by atoms with Gasteiger partial charge in [0.05, 0.1) is 22.1 Å². The van der Waals surface area contributed by atoms with Gasteiger partial charge < -0.3 is 8.98 Å². The summed E-state index contributed by atoms with van der Waals surface area (Å²) in [4.78, 5) is 15.1. The zero-order chi connectivity index (χ0) is 33.0. The van der Waals surface area contributed by atoms with E-state index in [4.69, 9.17) is 19.4 Å². The summed E-state index contributed by atoms with van der Waals surface area (Å²) in [7, 11) is 0. The van der Waals surface area contributed by atoms with E-state index in [-0.39, 0.29) is 0 Å². The van der Waals surface area contributed by atoms with Gasteiger partial charge in [0.15, 0.2) is 17.5 Å². The third kappa shape index (κ3) is 4.52. The molecule has 0 fully saturated rings. The Morgan fingerprint density at radius 1 is 0.380 bits per heavy atom. The summed E-state index contributed by atoms with van der Waals surface area (Å²) in [6.45, 7) is 0. The summed E-state index contributed by atoms with van der Waals surface area (Å²) in [5.74, 6) is 1.84. The van der Waals surface area contributed by atoms with Crippen LogP contribution >= 0.6 is 0 Å². The second-order valence-electron chi connectivity index (χ2n) is 12.4. The van der Waals surface area contributed by atoms with Crippen LogP contribution in [0.2, 0.25) is 0 Å². The molecule has 3 heterocycles. The number of fused-ring (bicyclic) bond motifs is 6. The van der Waals surface area contributed by atoms with E-state index in [1.54, 1.807) is 0 Å². The highest BCUT2D eigenvalue weighted by molar-refractivity contribution is 6.18. The van der Waals surface area contributed by atoms with E-state index in [1.807, 2.05) is 78.9 Å². The lowest BCUT2D eigenvalue weighted by Gasteiger charge is -2.12. The standard InChI is InChI=1S/C45H28N4O/c1-4-14-29(15-5-1)32-26-27-37-35(28-32)33-20-10-11-22-36(33)49(37)38-23-13-25-40-42(38)41-34(21-12-24-39(41)50-40)45-47-43(30-16-6-2-7-17-30)46-44(48-45)31-18-8-3-9-19-31/h1-28H. The molecular formula is C45H28N4O. The number of rotatable bonds is 5. The molecule has 0 spiro atoms. The van der Waals surface area contributed by atoms with Gasteiger partial charge in [-0.15, -0.1) is 0 Å². The van der Waals surface area contributed by atoms with Crippen LogP contribution in [0.5, 0.6) is 0 Å². The third-order valence-electron chi connectivity index (χ3n) is 9.46. The zero-order valence-electron chi connectivity index (χ0n) is 26.9. The van der Waals surface area contributed by atoms with E-state index in [0.717, 1.165) is 55.3 Å². The molecule has 0 saturated carbocycles. The van der Waals surface area contributed by atoms with Gasteiger partial charge in [-0.1, -0.05) is 133 Å². The molecule has 0 aliphatic heterocycles. The second-order valence-corrected chi connectivity index (χ2v) is 12.4. The lowest BCUT2D eigenvalue weighted by molar-refractivity contribution is 0.669. The lowest BCUT2D eigenvalue weighted by atomic mass is 10.0. The average Bonchev–Trinajstić information content (AvgIpc) is 3.74. The molecule has 0 aliphatic carbocycles. The van der Waals surface area contributed by atoms with E-state index >= 15 is 0 Å². The van der Waals surface area contributed by atoms with Crippen LogP contribution in [-0.2, 0) is 0 Å². The van der Waals surface area contributed by atoms with Crippen molar-refractivity contribution in [2.75, 3.05) is 0 Å². The summed E-state index contributed by atoms with van der Waals surface area (Å²) in [5.41, 5.74) is 10.0. The Balaban J connectivity index is 1.26. The van der Waals surface area contributed by atoms with Crippen molar-refractivity contribution in [2.45, 2.75) is 0 Å². The van der Waals surface area contributed by atoms with Crippen molar-refractivity contribution in [1.82, 2.24) is 19.5 Å². The molecule has 0 amide bonds. The van der Waals surface area contributed by atoms with Crippen molar-refractivity contribution in [3.05, 3.63) is 170 Å². The van der Waals surface area contributed by atoms with Crippen LogP contribution in [0.25, 0.3) is 94.7 Å². The molecule has 0 saturated heterocycles. The van der Waals surface area contributed by atoms with Crippen LogP contribution in [0, 0.1) is 0 Å². The maximum atomic E-state index is 6.60. The smallest absolute Gasteiger partial charge is 0.164 e. The van der Waals surface area contributed by atoms with Crippen LogP contribution < -0.4 is 0 Å². The van der Waals surface area contributed by atoms with Crippen molar-refractivity contribution < 1.29 is 4.42 Å². The first kappa shape index (κ1) is 28.2. The van der Waals surface area contributed by atoms with Crippen molar-refractivity contribution in [3.63, 3.8) is 0 Å². The van der Waals surface area contributed by atoms with E-state index in [1.165, 1.54) is 21.9 Å². The zero-order valence-corrected chi connectivity index (χ0v) is 26.9. The first-order valence-corrected chi connectivity index (χ1v) is 16.7. The Hall–Kier alpha value is -6.85. The molecule has 10 aromatic rings. The third-order valence-corrected chi connectivity index (χ3v) is 9.46. The molecule has 50 heavy (non-hydrogen) atoms. The first-order valence-electron chi connectivity index (χ1n) is 16.7. The molecule has 10 rings (SSSR count). The fourth-order valence-electron chi connectivity index (χ4n) is 7.19. The first-order chi connectivity index (χ1) is 24.8. The molecule has 234 valence electrons. The van der Waals surface area contributed by atoms with Gasteiger partial charge in [-0.25, -0.2) is 15.0 Å². The second kappa shape index (κ2) is 11.4. The molecule has 0 aliphatic rings. The average molecular weight is 641 g/mol. The van der Waals surface area contributed by atoms with Crippen LogP contribution in [-0.4, -0.2) is 19.5 Å². The molecule has 0 unspecified atom stereocenters. The van der Waals surface area contributed by atoms with Gasteiger partial charge in [0.25, 0.3) is 0 Å². The molecule has 0 radical (unpaired) electrons. The number of aromatic nitrogens is 4. The molecular weight excluding hydrogens is 613 g/mol. The number of benzene rings is 7. The molecule has 3 aromatic heterocycles. The number of hydrogen-bond donors (Lipinski definition) is 0. The van der Waals surface area contributed by atoms with E-state index in [2.05, 4.69) is 95.6 Å². The van der Waals surface area contributed by atoms with Gasteiger partial charge in [-0.3, -0.25) is 0 Å². The predicted octanol–water partition coefficient (Wildman–Crippen LogP) is 11.5. The van der Waals surface area contributed by atoms with Crippen LogP contribution in [0.4, 0.5) is 0 Å². The fourth-order valence-corrected chi connectivity index (χ4v) is 7.19.